The lowest BCUT2D eigenvalue weighted by Crippen LogP contribution is -3.00. The number of unbranched alkanes of at least 4 members (excludes halogenated alkanes) is 17. The Kier molecular flexibility index (Phi) is 29.3. The van der Waals surface area contributed by atoms with Crippen LogP contribution in [0.15, 0.2) is 49.1 Å². The highest BCUT2D eigenvalue weighted by molar-refractivity contribution is 5.94. The van der Waals surface area contributed by atoms with Gasteiger partial charge in [-0.3, -0.25) is 9.59 Å². The minimum atomic E-state index is 0. The first-order valence-corrected chi connectivity index (χ1v) is 18.2. The lowest BCUT2D eigenvalue weighted by atomic mass is 10.1. The molecule has 2 aromatic heterocycles. The standard InChI is InChI=1S/C38H62N4O2.2BrH/c1-3-5-7-9-15-19-27-39-37(43)35-23-31-41(32-24-35)29-21-17-13-11-12-14-18-22-30-42-33-25-36(26-34-42)38(44)40-28-20-16-10-8-6-4-2;;/h23-26,31-34H,3-22,27-30H2,1-2H3;2*1H. The van der Waals surface area contributed by atoms with E-state index in [0.29, 0.717) is 0 Å². The summed E-state index contributed by atoms with van der Waals surface area (Å²) in [5.41, 5.74) is 1.51. The van der Waals surface area contributed by atoms with Crippen LogP contribution < -0.4 is 53.7 Å². The van der Waals surface area contributed by atoms with Gasteiger partial charge in [-0.1, -0.05) is 104 Å². The Morgan fingerprint density at radius 2 is 0.739 bits per heavy atom. The summed E-state index contributed by atoms with van der Waals surface area (Å²) in [6.45, 7) is 8.03. The monoisotopic (exact) mass is 766 g/mol. The fourth-order valence-electron chi connectivity index (χ4n) is 5.58. The number of nitrogens with one attached hydrogen (secondary N) is 2. The van der Waals surface area contributed by atoms with E-state index in [1.54, 1.807) is 0 Å². The number of carbonyl (C=O) groups is 2. The molecule has 0 unspecified atom stereocenters. The summed E-state index contributed by atoms with van der Waals surface area (Å²) in [4.78, 5) is 24.7. The molecule has 0 atom stereocenters. The molecule has 46 heavy (non-hydrogen) atoms. The quantitative estimate of drug-likeness (QED) is 0.108. The molecule has 0 aliphatic heterocycles. The lowest BCUT2D eigenvalue weighted by Gasteiger charge is -2.05. The number of hydrogen-bond donors (Lipinski definition) is 2. The van der Waals surface area contributed by atoms with Gasteiger partial charge in [0.05, 0.1) is 11.1 Å². The third-order valence-corrected chi connectivity index (χ3v) is 8.52. The molecule has 2 heterocycles. The van der Waals surface area contributed by atoms with Gasteiger partial charge in [-0.25, -0.2) is 9.13 Å². The molecular formula is C38H64Br2N4O2. The molecule has 8 heteroatoms. The second kappa shape index (κ2) is 30.5. The highest BCUT2D eigenvalue weighted by Gasteiger charge is 2.09. The maximum Gasteiger partial charge on any atom is 0.251 e. The zero-order chi connectivity index (χ0) is 31.5. The second-order valence-electron chi connectivity index (χ2n) is 12.5. The van der Waals surface area contributed by atoms with Crippen molar-refractivity contribution in [3.63, 3.8) is 0 Å². The van der Waals surface area contributed by atoms with Crippen molar-refractivity contribution >= 4 is 11.8 Å². The molecule has 2 rings (SSSR count). The van der Waals surface area contributed by atoms with Crippen LogP contribution in [0.3, 0.4) is 0 Å². The lowest BCUT2D eigenvalue weighted by molar-refractivity contribution is -0.697. The van der Waals surface area contributed by atoms with E-state index in [0.717, 1.165) is 50.1 Å². The third kappa shape index (κ3) is 21.9. The Morgan fingerprint density at radius 1 is 0.457 bits per heavy atom. The van der Waals surface area contributed by atoms with E-state index in [1.165, 1.54) is 116 Å². The number of nitrogens with zero attached hydrogens (tertiary/aromatic N) is 2. The van der Waals surface area contributed by atoms with Crippen molar-refractivity contribution in [2.24, 2.45) is 0 Å². The smallest absolute Gasteiger partial charge is 0.251 e. The molecule has 0 aliphatic carbocycles. The number of halogens is 2. The fourth-order valence-corrected chi connectivity index (χ4v) is 5.58. The van der Waals surface area contributed by atoms with E-state index >= 15 is 0 Å². The average molecular weight is 769 g/mol. The number of hydrogen-bond acceptors (Lipinski definition) is 2. The van der Waals surface area contributed by atoms with Crippen LogP contribution in [0.25, 0.3) is 0 Å². The van der Waals surface area contributed by atoms with Gasteiger partial charge in [-0.05, 0) is 25.7 Å². The number of aryl methyl sites for hydroxylation is 2. The molecule has 2 aromatic rings. The molecule has 6 nitrogen and oxygen atoms in total. The van der Waals surface area contributed by atoms with Gasteiger partial charge >= 0.3 is 0 Å². The van der Waals surface area contributed by atoms with Crippen LogP contribution in [0.5, 0.6) is 0 Å². The van der Waals surface area contributed by atoms with Crippen LogP contribution in [0.1, 0.15) is 163 Å². The topological polar surface area (TPSA) is 66.0 Å². The van der Waals surface area contributed by atoms with Crippen molar-refractivity contribution < 1.29 is 52.7 Å². The molecule has 0 saturated heterocycles. The second-order valence-corrected chi connectivity index (χ2v) is 12.5. The number of rotatable bonds is 27. The van der Waals surface area contributed by atoms with Gasteiger partial charge in [0, 0.05) is 50.2 Å². The SMILES string of the molecule is CCCCCCCCNC(=O)c1cc[n+](CCCCCCCCCC[n+]2ccc(C(=O)NCCCCCCCC)cc2)cc1.[Br-].[Br-]. The van der Waals surface area contributed by atoms with E-state index in [4.69, 9.17) is 0 Å². The highest BCUT2D eigenvalue weighted by Crippen LogP contribution is 2.09. The minimum Gasteiger partial charge on any atom is -1.00 e. The third-order valence-electron chi connectivity index (χ3n) is 8.52. The predicted molar refractivity (Wildman–Crippen MR) is 182 cm³/mol. The van der Waals surface area contributed by atoms with Crippen molar-refractivity contribution in [1.29, 1.82) is 0 Å². The molecular weight excluding hydrogens is 704 g/mol. The maximum atomic E-state index is 12.4. The van der Waals surface area contributed by atoms with Crippen LogP contribution in [0, 0.1) is 0 Å². The summed E-state index contributed by atoms with van der Waals surface area (Å²) in [5.74, 6) is 0.0844. The zero-order valence-corrected chi connectivity index (χ0v) is 32.2. The first-order chi connectivity index (χ1) is 21.6. The Balaban J connectivity index is 0.0000101. The predicted octanol–water partition coefficient (Wildman–Crippen LogP) is 2.27. The first kappa shape index (κ1) is 44.2. The van der Waals surface area contributed by atoms with Crippen molar-refractivity contribution in [2.45, 2.75) is 155 Å². The summed E-state index contributed by atoms with van der Waals surface area (Å²) in [6, 6.07) is 7.77. The molecule has 2 N–H and O–H groups in total. The van der Waals surface area contributed by atoms with Gasteiger partial charge in [-0.2, -0.15) is 0 Å². The number of aromatic nitrogens is 2. The molecule has 0 radical (unpaired) electrons. The van der Waals surface area contributed by atoms with E-state index in [9.17, 15) is 9.59 Å². The van der Waals surface area contributed by atoms with Gasteiger partial charge in [0.1, 0.15) is 13.1 Å². The molecule has 0 bridgehead atoms. The first-order valence-electron chi connectivity index (χ1n) is 18.2. The summed E-state index contributed by atoms with van der Waals surface area (Å²) in [5, 5.41) is 6.11. The zero-order valence-electron chi connectivity index (χ0n) is 29.1. The minimum absolute atomic E-state index is 0. The number of amides is 2. The van der Waals surface area contributed by atoms with Gasteiger partial charge in [-0.15, -0.1) is 0 Å². The fraction of sp³-hybridized carbons (Fsp3) is 0.684. The Morgan fingerprint density at radius 3 is 1.07 bits per heavy atom. The molecule has 0 aromatic carbocycles. The Bertz CT molecular complexity index is 921. The molecule has 262 valence electrons. The van der Waals surface area contributed by atoms with Gasteiger partial charge in [0.2, 0.25) is 0 Å². The molecule has 0 spiro atoms. The molecule has 0 fully saturated rings. The van der Waals surface area contributed by atoms with E-state index in [-0.39, 0.29) is 45.8 Å². The van der Waals surface area contributed by atoms with Crippen LogP contribution in [-0.4, -0.2) is 24.9 Å². The van der Waals surface area contributed by atoms with Gasteiger partial charge < -0.3 is 44.6 Å². The van der Waals surface area contributed by atoms with Gasteiger partial charge in [0.15, 0.2) is 24.8 Å². The van der Waals surface area contributed by atoms with Crippen molar-refractivity contribution in [2.75, 3.05) is 13.1 Å². The summed E-state index contributed by atoms with van der Waals surface area (Å²) >= 11 is 0. The molecule has 2 amide bonds. The van der Waals surface area contributed by atoms with E-state index in [1.807, 2.05) is 49.1 Å². The van der Waals surface area contributed by atoms with Gasteiger partial charge in [0.25, 0.3) is 11.8 Å². The van der Waals surface area contributed by atoms with Crippen LogP contribution in [0.4, 0.5) is 0 Å². The number of carbonyl (C=O) groups excluding carboxylic acids is 2. The number of pyridine rings is 2. The summed E-state index contributed by atoms with van der Waals surface area (Å²) < 4.78 is 4.38. The van der Waals surface area contributed by atoms with Crippen molar-refractivity contribution in [3.8, 4) is 0 Å². The molecule has 0 saturated carbocycles. The summed E-state index contributed by atoms with van der Waals surface area (Å²) in [7, 11) is 0. The van der Waals surface area contributed by atoms with Crippen molar-refractivity contribution in [3.05, 3.63) is 60.2 Å². The van der Waals surface area contributed by atoms with Crippen LogP contribution >= 0.6 is 0 Å². The van der Waals surface area contributed by atoms with Crippen LogP contribution in [0.2, 0.25) is 0 Å². The van der Waals surface area contributed by atoms with Crippen LogP contribution in [-0.2, 0) is 13.1 Å². The molecule has 0 aliphatic rings. The maximum absolute atomic E-state index is 12.4. The van der Waals surface area contributed by atoms with E-state index < -0.39 is 0 Å². The van der Waals surface area contributed by atoms with Crippen molar-refractivity contribution in [1.82, 2.24) is 10.6 Å². The van der Waals surface area contributed by atoms with E-state index in [2.05, 4.69) is 33.6 Å². The Labute approximate surface area is 302 Å². The summed E-state index contributed by atoms with van der Waals surface area (Å²) in [6.07, 6.45) is 33.1. The average Bonchev–Trinajstić information content (AvgIpc) is 3.05. The highest BCUT2D eigenvalue weighted by atomic mass is 79.9. The Hall–Kier alpha value is -1.80. The largest absolute Gasteiger partial charge is 1.00 e. The normalized spacial score (nSPS) is 10.6.